The molecule has 0 saturated heterocycles. The topological polar surface area (TPSA) is 49.3 Å². The largest absolute Gasteiger partial charge is 0.508 e. The lowest BCUT2D eigenvalue weighted by molar-refractivity contribution is -0.184. The number of nitrogens with one attached hydrogen (secondary N) is 1. The summed E-state index contributed by atoms with van der Waals surface area (Å²) in [6.45, 7) is 0. The third-order valence-electron chi connectivity index (χ3n) is 4.12. The maximum Gasteiger partial charge on any atom is 0.391 e. The molecule has 0 unspecified atom stereocenters. The monoisotopic (exact) mass is 315 g/mol. The van der Waals surface area contributed by atoms with Crippen LogP contribution in [0, 0.1) is 5.92 Å². The smallest absolute Gasteiger partial charge is 0.391 e. The van der Waals surface area contributed by atoms with E-state index in [4.69, 9.17) is 0 Å². The molecule has 1 fully saturated rings. The van der Waals surface area contributed by atoms with Crippen molar-refractivity contribution in [1.29, 1.82) is 0 Å². The molecule has 6 heteroatoms. The van der Waals surface area contributed by atoms with Gasteiger partial charge in [0.1, 0.15) is 5.75 Å². The molecule has 2 rings (SSSR count). The zero-order valence-electron chi connectivity index (χ0n) is 12.2. The number of benzene rings is 1. The standard InChI is InChI=1S/C16H20F3NO2/c17-16(18,19)12-5-3-6-13(10-12)20-15(22)9-8-11-4-1-2-7-14(11)21/h1-2,4,7,12-13,21H,3,5-6,8-10H2,(H,20,22)/t12-,13-/m1/s1. The van der Waals surface area contributed by atoms with Crippen molar-refractivity contribution in [3.8, 4) is 5.75 Å². The zero-order chi connectivity index (χ0) is 16.2. The fourth-order valence-corrected chi connectivity index (χ4v) is 2.89. The van der Waals surface area contributed by atoms with Gasteiger partial charge in [0.2, 0.25) is 5.91 Å². The molecule has 0 radical (unpaired) electrons. The Balaban J connectivity index is 1.81. The molecule has 2 N–H and O–H groups in total. The highest BCUT2D eigenvalue weighted by Crippen LogP contribution is 2.37. The molecule has 1 aromatic rings. The summed E-state index contributed by atoms with van der Waals surface area (Å²) < 4.78 is 38.2. The number of alkyl halides is 3. The maximum atomic E-state index is 12.7. The van der Waals surface area contributed by atoms with E-state index in [0.29, 0.717) is 24.8 Å². The quantitative estimate of drug-likeness (QED) is 0.892. The van der Waals surface area contributed by atoms with Gasteiger partial charge in [0.25, 0.3) is 0 Å². The number of hydrogen-bond acceptors (Lipinski definition) is 2. The van der Waals surface area contributed by atoms with E-state index in [1.54, 1.807) is 24.3 Å². The number of hydrogen-bond donors (Lipinski definition) is 2. The number of rotatable bonds is 4. The summed E-state index contributed by atoms with van der Waals surface area (Å²) in [5.41, 5.74) is 0.662. The Hall–Kier alpha value is -1.72. The van der Waals surface area contributed by atoms with Crippen LogP contribution in [0.4, 0.5) is 13.2 Å². The van der Waals surface area contributed by atoms with E-state index in [1.807, 2.05) is 0 Å². The molecule has 2 atom stereocenters. The summed E-state index contributed by atoms with van der Waals surface area (Å²) in [4.78, 5) is 11.9. The van der Waals surface area contributed by atoms with Gasteiger partial charge in [-0.2, -0.15) is 13.2 Å². The Bertz CT molecular complexity index is 516. The van der Waals surface area contributed by atoms with Crippen LogP contribution in [-0.2, 0) is 11.2 Å². The third kappa shape index (κ3) is 4.64. The Morgan fingerprint density at radius 1 is 1.27 bits per heavy atom. The van der Waals surface area contributed by atoms with Crippen molar-refractivity contribution in [2.75, 3.05) is 0 Å². The Morgan fingerprint density at radius 2 is 2.00 bits per heavy atom. The maximum absolute atomic E-state index is 12.7. The van der Waals surface area contributed by atoms with Crippen molar-refractivity contribution in [1.82, 2.24) is 5.32 Å². The van der Waals surface area contributed by atoms with Crippen LogP contribution in [0.1, 0.15) is 37.7 Å². The lowest BCUT2D eigenvalue weighted by atomic mass is 9.85. The minimum atomic E-state index is -4.18. The number of carbonyl (C=O) groups excluding carboxylic acids is 1. The number of aromatic hydroxyl groups is 1. The Kier molecular flexibility index (Phi) is 5.32. The number of phenolic OH excluding ortho intramolecular Hbond substituents is 1. The first kappa shape index (κ1) is 16.6. The second-order valence-corrected chi connectivity index (χ2v) is 5.80. The van der Waals surface area contributed by atoms with Crippen LogP contribution in [-0.4, -0.2) is 23.2 Å². The number of para-hydroxylation sites is 1. The third-order valence-corrected chi connectivity index (χ3v) is 4.12. The SMILES string of the molecule is O=C(CCc1ccccc1O)N[C@@H]1CCC[C@@H](C(F)(F)F)C1. The molecule has 0 heterocycles. The summed E-state index contributed by atoms with van der Waals surface area (Å²) in [5.74, 6) is -1.45. The van der Waals surface area contributed by atoms with Gasteiger partial charge in [0, 0.05) is 12.5 Å². The molecule has 1 aromatic carbocycles. The molecule has 0 bridgehead atoms. The molecule has 0 aromatic heterocycles. The molecule has 1 aliphatic rings. The summed E-state index contributed by atoms with van der Waals surface area (Å²) in [6.07, 6.45) is -2.47. The van der Waals surface area contributed by atoms with Gasteiger partial charge in [-0.05, 0) is 37.3 Å². The van der Waals surface area contributed by atoms with Gasteiger partial charge < -0.3 is 10.4 Å². The van der Waals surface area contributed by atoms with Gasteiger partial charge in [-0.3, -0.25) is 4.79 Å². The van der Waals surface area contributed by atoms with Crippen LogP contribution in [0.15, 0.2) is 24.3 Å². The molecular formula is C16H20F3NO2. The summed E-state index contributed by atoms with van der Waals surface area (Å²) in [7, 11) is 0. The molecule has 1 aliphatic carbocycles. The van der Waals surface area contributed by atoms with Gasteiger partial charge >= 0.3 is 6.18 Å². The summed E-state index contributed by atoms with van der Waals surface area (Å²) in [5, 5.41) is 12.3. The van der Waals surface area contributed by atoms with Crippen LogP contribution in [0.3, 0.4) is 0 Å². The number of aryl methyl sites for hydroxylation is 1. The van der Waals surface area contributed by atoms with Crippen LogP contribution in [0.25, 0.3) is 0 Å². The average molecular weight is 315 g/mol. The molecule has 22 heavy (non-hydrogen) atoms. The molecule has 0 aliphatic heterocycles. The number of halogens is 3. The van der Waals surface area contributed by atoms with Crippen molar-refractivity contribution >= 4 is 5.91 Å². The second kappa shape index (κ2) is 7.03. The highest BCUT2D eigenvalue weighted by Gasteiger charge is 2.42. The molecular weight excluding hydrogens is 295 g/mol. The lowest BCUT2D eigenvalue weighted by Gasteiger charge is -2.31. The van der Waals surface area contributed by atoms with E-state index < -0.39 is 18.1 Å². The van der Waals surface area contributed by atoms with Crippen LogP contribution < -0.4 is 5.32 Å². The predicted octanol–water partition coefficient (Wildman–Crippen LogP) is 3.56. The molecule has 3 nitrogen and oxygen atoms in total. The fraction of sp³-hybridized carbons (Fsp3) is 0.562. The van der Waals surface area contributed by atoms with Crippen LogP contribution in [0.5, 0.6) is 5.75 Å². The predicted molar refractivity (Wildman–Crippen MR) is 76.4 cm³/mol. The van der Waals surface area contributed by atoms with Crippen molar-refractivity contribution in [3.63, 3.8) is 0 Å². The highest BCUT2D eigenvalue weighted by molar-refractivity contribution is 5.76. The Labute approximate surface area is 127 Å². The summed E-state index contributed by atoms with van der Waals surface area (Å²) in [6, 6.07) is 6.32. The van der Waals surface area contributed by atoms with E-state index in [-0.39, 0.29) is 30.9 Å². The number of phenols is 1. The minimum absolute atomic E-state index is 0.0359. The van der Waals surface area contributed by atoms with Crippen molar-refractivity contribution in [2.24, 2.45) is 5.92 Å². The van der Waals surface area contributed by atoms with Crippen LogP contribution >= 0.6 is 0 Å². The van der Waals surface area contributed by atoms with E-state index in [9.17, 15) is 23.1 Å². The number of amides is 1. The van der Waals surface area contributed by atoms with Gasteiger partial charge in [0.15, 0.2) is 0 Å². The van der Waals surface area contributed by atoms with Gasteiger partial charge in [-0.15, -0.1) is 0 Å². The van der Waals surface area contributed by atoms with Gasteiger partial charge in [-0.25, -0.2) is 0 Å². The second-order valence-electron chi connectivity index (χ2n) is 5.80. The van der Waals surface area contributed by atoms with Gasteiger partial charge in [-0.1, -0.05) is 24.6 Å². The Morgan fingerprint density at radius 3 is 2.68 bits per heavy atom. The molecule has 1 saturated carbocycles. The normalized spacial score (nSPS) is 22.3. The fourth-order valence-electron chi connectivity index (χ4n) is 2.89. The first-order valence-corrected chi connectivity index (χ1v) is 7.49. The van der Waals surface area contributed by atoms with E-state index in [0.717, 1.165) is 0 Å². The lowest BCUT2D eigenvalue weighted by Crippen LogP contribution is -2.41. The summed E-state index contributed by atoms with van der Waals surface area (Å²) >= 11 is 0. The molecule has 122 valence electrons. The molecule has 0 spiro atoms. The van der Waals surface area contributed by atoms with Crippen molar-refractivity contribution in [2.45, 2.75) is 50.7 Å². The number of carbonyl (C=O) groups is 1. The van der Waals surface area contributed by atoms with Gasteiger partial charge in [0.05, 0.1) is 5.92 Å². The minimum Gasteiger partial charge on any atom is -0.508 e. The van der Waals surface area contributed by atoms with E-state index in [2.05, 4.69) is 5.32 Å². The first-order valence-electron chi connectivity index (χ1n) is 7.49. The van der Waals surface area contributed by atoms with E-state index >= 15 is 0 Å². The van der Waals surface area contributed by atoms with E-state index in [1.165, 1.54) is 0 Å². The van der Waals surface area contributed by atoms with Crippen molar-refractivity contribution in [3.05, 3.63) is 29.8 Å². The molecule has 1 amide bonds. The van der Waals surface area contributed by atoms with Crippen LogP contribution in [0.2, 0.25) is 0 Å². The highest BCUT2D eigenvalue weighted by atomic mass is 19.4. The van der Waals surface area contributed by atoms with Crippen molar-refractivity contribution < 1.29 is 23.1 Å². The average Bonchev–Trinajstić information content (AvgIpc) is 2.46. The zero-order valence-corrected chi connectivity index (χ0v) is 12.2. The first-order chi connectivity index (χ1) is 10.4.